The molecular weight excluding hydrogens is 709 g/mol. The highest BCUT2D eigenvalue weighted by Gasteiger charge is 2.20. The quantitative estimate of drug-likeness (QED) is 0.170. The average molecular weight is 743 g/mol. The smallest absolute Gasteiger partial charge is 0.137 e. The maximum atomic E-state index is 6.40. The predicted molar refractivity (Wildman–Crippen MR) is 241 cm³/mol. The molecule has 0 bridgehead atoms. The van der Waals surface area contributed by atoms with Gasteiger partial charge in [-0.05, 0) is 89.5 Å². The van der Waals surface area contributed by atoms with Crippen molar-refractivity contribution in [3.8, 4) is 27.9 Å². The fourth-order valence-corrected chi connectivity index (χ4v) is 8.99. The largest absolute Gasteiger partial charge is 0.456 e. The number of aromatic nitrogens is 1. The van der Waals surface area contributed by atoms with Crippen LogP contribution in [0.15, 0.2) is 215 Å². The summed E-state index contributed by atoms with van der Waals surface area (Å²) >= 11 is 0. The molecule has 0 fully saturated rings. The molecule has 58 heavy (non-hydrogen) atoms. The number of anilines is 3. The van der Waals surface area contributed by atoms with E-state index in [4.69, 9.17) is 8.83 Å². The molecule has 12 rings (SSSR count). The molecule has 272 valence electrons. The standard InChI is InChI=1S/C54H34N2O2/c1-2-14-40(41-15-3-8-20-48(41)56-49-21-9-4-16-42(49)43-17-5-10-22-50(43)56)39(13-1)35-25-27-36(28-26-35)55(37-30-32-53-47(33-37)45-19-7-12-24-52(45)57-53)38-29-31-46-44-18-6-11-23-51(44)58-54(46)34-38/h1-34H. The normalized spacial score (nSPS) is 11.8. The fraction of sp³-hybridized carbons (Fsp3) is 0. The summed E-state index contributed by atoms with van der Waals surface area (Å²) in [5.74, 6) is 0. The van der Waals surface area contributed by atoms with Gasteiger partial charge in [-0.3, -0.25) is 0 Å². The van der Waals surface area contributed by atoms with Crippen molar-refractivity contribution in [3.63, 3.8) is 0 Å². The van der Waals surface area contributed by atoms with E-state index in [1.807, 2.05) is 24.3 Å². The van der Waals surface area contributed by atoms with E-state index in [-0.39, 0.29) is 0 Å². The van der Waals surface area contributed by atoms with Crippen molar-refractivity contribution in [2.75, 3.05) is 4.90 Å². The molecule has 0 spiro atoms. The van der Waals surface area contributed by atoms with Crippen LogP contribution < -0.4 is 4.90 Å². The third-order valence-electron chi connectivity index (χ3n) is 11.6. The molecule has 0 unspecified atom stereocenters. The van der Waals surface area contributed by atoms with Crippen LogP contribution in [0, 0.1) is 0 Å². The number of furan rings is 2. The van der Waals surface area contributed by atoms with Gasteiger partial charge in [0, 0.05) is 61.0 Å². The van der Waals surface area contributed by atoms with E-state index < -0.39 is 0 Å². The number of fused-ring (bicyclic) bond motifs is 9. The maximum Gasteiger partial charge on any atom is 0.137 e. The SMILES string of the molecule is c1ccc(-c2ccccc2-n2c3ccccc3c3ccccc32)c(-c2ccc(N(c3ccc4c(c3)oc3ccccc34)c3ccc4oc5ccccc5c4c3)cc2)c1. The Morgan fingerprint density at radius 2 is 0.793 bits per heavy atom. The topological polar surface area (TPSA) is 34.5 Å². The number of hydrogen-bond donors (Lipinski definition) is 0. The van der Waals surface area contributed by atoms with Crippen LogP contribution in [0.3, 0.4) is 0 Å². The lowest BCUT2D eigenvalue weighted by atomic mass is 9.93. The third kappa shape index (κ3) is 5.02. The van der Waals surface area contributed by atoms with Crippen LogP contribution in [0.25, 0.3) is 93.6 Å². The van der Waals surface area contributed by atoms with Crippen LogP contribution in [-0.2, 0) is 0 Å². The monoisotopic (exact) mass is 742 g/mol. The summed E-state index contributed by atoms with van der Waals surface area (Å²) in [5.41, 5.74) is 14.8. The van der Waals surface area contributed by atoms with Crippen LogP contribution in [0.1, 0.15) is 0 Å². The van der Waals surface area contributed by atoms with Gasteiger partial charge < -0.3 is 18.3 Å². The summed E-state index contributed by atoms with van der Waals surface area (Å²) in [7, 11) is 0. The zero-order chi connectivity index (χ0) is 38.2. The van der Waals surface area contributed by atoms with E-state index in [9.17, 15) is 0 Å². The Bertz CT molecular complexity index is 3480. The average Bonchev–Trinajstić information content (AvgIpc) is 3.96. The first-order valence-corrected chi connectivity index (χ1v) is 19.7. The van der Waals surface area contributed by atoms with Crippen molar-refractivity contribution in [3.05, 3.63) is 206 Å². The molecule has 0 amide bonds. The highest BCUT2D eigenvalue weighted by atomic mass is 16.3. The highest BCUT2D eigenvalue weighted by Crippen LogP contribution is 2.43. The lowest BCUT2D eigenvalue weighted by molar-refractivity contribution is 0.668. The molecule has 0 saturated heterocycles. The van der Waals surface area contributed by atoms with Gasteiger partial charge >= 0.3 is 0 Å². The molecule has 0 N–H and O–H groups in total. The zero-order valence-corrected chi connectivity index (χ0v) is 31.3. The minimum atomic E-state index is 0.853. The van der Waals surface area contributed by atoms with Gasteiger partial charge in [-0.1, -0.05) is 127 Å². The van der Waals surface area contributed by atoms with Gasteiger partial charge in [0.15, 0.2) is 0 Å². The molecule has 0 atom stereocenters. The fourth-order valence-electron chi connectivity index (χ4n) is 8.99. The Morgan fingerprint density at radius 3 is 1.52 bits per heavy atom. The first-order valence-electron chi connectivity index (χ1n) is 19.7. The minimum Gasteiger partial charge on any atom is -0.456 e. The van der Waals surface area contributed by atoms with Crippen molar-refractivity contribution < 1.29 is 8.83 Å². The van der Waals surface area contributed by atoms with Crippen LogP contribution in [0.5, 0.6) is 0 Å². The van der Waals surface area contributed by atoms with Crippen LogP contribution >= 0.6 is 0 Å². The van der Waals surface area contributed by atoms with E-state index in [1.165, 1.54) is 38.5 Å². The second-order valence-corrected chi connectivity index (χ2v) is 14.9. The van der Waals surface area contributed by atoms with Gasteiger partial charge in [-0.25, -0.2) is 0 Å². The third-order valence-corrected chi connectivity index (χ3v) is 11.6. The van der Waals surface area contributed by atoms with E-state index in [1.54, 1.807) is 0 Å². The van der Waals surface area contributed by atoms with E-state index in [0.717, 1.165) is 72.2 Å². The first kappa shape index (κ1) is 32.4. The van der Waals surface area contributed by atoms with Crippen LogP contribution in [0.2, 0.25) is 0 Å². The molecule has 9 aromatic carbocycles. The molecular formula is C54H34N2O2. The van der Waals surface area contributed by atoms with Gasteiger partial charge in [0.2, 0.25) is 0 Å². The second kappa shape index (κ2) is 12.9. The van der Waals surface area contributed by atoms with Crippen LogP contribution in [0.4, 0.5) is 17.1 Å². The summed E-state index contributed by atoms with van der Waals surface area (Å²) < 4.78 is 15.1. The van der Waals surface area contributed by atoms with Gasteiger partial charge in [-0.15, -0.1) is 0 Å². The summed E-state index contributed by atoms with van der Waals surface area (Å²) in [5, 5.41) is 6.89. The van der Waals surface area contributed by atoms with Crippen LogP contribution in [-0.4, -0.2) is 4.57 Å². The van der Waals surface area contributed by atoms with Gasteiger partial charge in [0.25, 0.3) is 0 Å². The molecule has 4 heteroatoms. The molecule has 0 radical (unpaired) electrons. The second-order valence-electron chi connectivity index (χ2n) is 14.9. The molecule has 12 aromatic rings. The minimum absolute atomic E-state index is 0.853. The molecule has 0 aliphatic carbocycles. The number of nitrogens with zero attached hydrogens (tertiary/aromatic N) is 2. The van der Waals surface area contributed by atoms with Crippen molar-refractivity contribution in [2.24, 2.45) is 0 Å². The van der Waals surface area contributed by atoms with E-state index >= 15 is 0 Å². The molecule has 4 nitrogen and oxygen atoms in total. The van der Waals surface area contributed by atoms with Crippen molar-refractivity contribution in [2.45, 2.75) is 0 Å². The Kier molecular flexibility index (Phi) is 7.20. The maximum absolute atomic E-state index is 6.40. The summed E-state index contributed by atoms with van der Waals surface area (Å²) in [6.45, 7) is 0. The lowest BCUT2D eigenvalue weighted by Gasteiger charge is -2.26. The first-order chi connectivity index (χ1) is 28.8. The summed E-state index contributed by atoms with van der Waals surface area (Å²) in [4.78, 5) is 2.31. The highest BCUT2D eigenvalue weighted by molar-refractivity contribution is 6.11. The Balaban J connectivity index is 1.00. The number of para-hydroxylation sites is 5. The van der Waals surface area contributed by atoms with Crippen molar-refractivity contribution in [1.29, 1.82) is 0 Å². The molecule has 0 saturated carbocycles. The van der Waals surface area contributed by atoms with Gasteiger partial charge in [-0.2, -0.15) is 0 Å². The molecule has 0 aliphatic rings. The van der Waals surface area contributed by atoms with Gasteiger partial charge in [0.1, 0.15) is 22.3 Å². The molecule has 3 heterocycles. The lowest BCUT2D eigenvalue weighted by Crippen LogP contribution is -2.09. The number of rotatable bonds is 6. The predicted octanol–water partition coefficient (Wildman–Crippen LogP) is 15.4. The summed E-state index contributed by atoms with van der Waals surface area (Å²) in [6, 6.07) is 73.3. The number of hydrogen-bond acceptors (Lipinski definition) is 3. The summed E-state index contributed by atoms with van der Waals surface area (Å²) in [6.07, 6.45) is 0. The number of benzene rings is 9. The molecule has 0 aliphatic heterocycles. The Hall–Kier alpha value is -7.82. The van der Waals surface area contributed by atoms with E-state index in [0.29, 0.717) is 0 Å². The Morgan fingerprint density at radius 1 is 0.310 bits per heavy atom. The van der Waals surface area contributed by atoms with E-state index in [2.05, 4.69) is 191 Å². The van der Waals surface area contributed by atoms with Crippen molar-refractivity contribution in [1.82, 2.24) is 4.57 Å². The zero-order valence-electron chi connectivity index (χ0n) is 31.3. The molecule has 3 aromatic heterocycles. The van der Waals surface area contributed by atoms with Crippen molar-refractivity contribution >= 4 is 82.7 Å². The van der Waals surface area contributed by atoms with Gasteiger partial charge in [0.05, 0.1) is 16.7 Å². The Labute approximate surface area is 334 Å².